The molecule has 2 unspecified atom stereocenters. The molecule has 0 aromatic heterocycles. The van der Waals surface area contributed by atoms with Crippen LogP contribution < -0.4 is 0 Å². The number of rotatable bonds is 1. The molecular formula is C7H12O4. The molecule has 0 N–H and O–H groups in total. The second-order valence-corrected chi connectivity index (χ2v) is 2.54. The Labute approximate surface area is 65.4 Å². The monoisotopic (exact) mass is 160 g/mol. The topological polar surface area (TPSA) is 44.8 Å². The highest BCUT2D eigenvalue weighted by molar-refractivity contribution is 5.73. The number of hydrogen-bond acceptors (Lipinski definition) is 4. The first-order chi connectivity index (χ1) is 5.15. The number of ether oxygens (including phenoxy) is 3. The van der Waals surface area contributed by atoms with Gasteiger partial charge < -0.3 is 14.2 Å². The van der Waals surface area contributed by atoms with Crippen molar-refractivity contribution in [2.45, 2.75) is 32.3 Å². The number of esters is 1. The largest absolute Gasteiger partial charge is 0.465 e. The fraction of sp³-hybridized carbons (Fsp3) is 0.857. The molecule has 1 heterocycles. The number of carbonyl (C=O) groups excluding carboxylic acids is 1. The molecule has 0 aromatic rings. The van der Waals surface area contributed by atoms with Gasteiger partial charge in [0.25, 0.3) is 6.29 Å². The van der Waals surface area contributed by atoms with Crippen LogP contribution in [-0.2, 0) is 19.0 Å². The highest BCUT2D eigenvalue weighted by atomic mass is 16.8. The minimum atomic E-state index is -0.829. The van der Waals surface area contributed by atoms with Crippen LogP contribution in [0.1, 0.15) is 13.8 Å². The first-order valence-electron chi connectivity index (χ1n) is 3.54. The normalized spacial score (nSPS) is 37.2. The van der Waals surface area contributed by atoms with Crippen LogP contribution in [0.5, 0.6) is 0 Å². The molecule has 0 spiro atoms. The summed E-state index contributed by atoms with van der Waals surface area (Å²) >= 11 is 0. The van der Waals surface area contributed by atoms with Gasteiger partial charge in [0, 0.05) is 0 Å². The summed E-state index contributed by atoms with van der Waals surface area (Å²) in [5.41, 5.74) is 0. The van der Waals surface area contributed by atoms with Crippen molar-refractivity contribution >= 4 is 5.97 Å². The van der Waals surface area contributed by atoms with Gasteiger partial charge in [-0.1, -0.05) is 0 Å². The van der Waals surface area contributed by atoms with E-state index < -0.39 is 12.3 Å². The van der Waals surface area contributed by atoms with Crippen molar-refractivity contribution in [3.8, 4) is 0 Å². The van der Waals surface area contributed by atoms with Crippen LogP contribution in [0.3, 0.4) is 0 Å². The van der Waals surface area contributed by atoms with Crippen LogP contribution in [0, 0.1) is 0 Å². The summed E-state index contributed by atoms with van der Waals surface area (Å²) in [6.45, 7) is 3.71. The van der Waals surface area contributed by atoms with Gasteiger partial charge in [0.1, 0.15) is 0 Å². The minimum Gasteiger partial charge on any atom is -0.465 e. The average molecular weight is 160 g/mol. The molecule has 0 amide bonds. The molecule has 0 aromatic carbocycles. The lowest BCUT2D eigenvalue weighted by Crippen LogP contribution is -2.23. The molecule has 1 saturated heterocycles. The third-order valence-corrected chi connectivity index (χ3v) is 1.73. The van der Waals surface area contributed by atoms with Crippen molar-refractivity contribution in [3.63, 3.8) is 0 Å². The molecule has 2 atom stereocenters. The molecule has 11 heavy (non-hydrogen) atoms. The summed E-state index contributed by atoms with van der Waals surface area (Å²) < 4.78 is 14.7. The van der Waals surface area contributed by atoms with Gasteiger partial charge in [-0.05, 0) is 13.8 Å². The van der Waals surface area contributed by atoms with E-state index >= 15 is 0 Å². The molecule has 4 heteroatoms. The van der Waals surface area contributed by atoms with Gasteiger partial charge in [-0.25, -0.2) is 4.79 Å². The predicted molar refractivity (Wildman–Crippen MR) is 36.9 cm³/mol. The second-order valence-electron chi connectivity index (χ2n) is 2.54. The predicted octanol–water partition coefficient (Wildman–Crippen LogP) is 0.309. The highest BCUT2D eigenvalue weighted by Crippen LogP contribution is 2.18. The van der Waals surface area contributed by atoms with Crippen molar-refractivity contribution in [1.82, 2.24) is 0 Å². The van der Waals surface area contributed by atoms with Gasteiger partial charge >= 0.3 is 5.97 Å². The lowest BCUT2D eigenvalue weighted by atomic mass is 10.3. The zero-order valence-corrected chi connectivity index (χ0v) is 6.87. The summed E-state index contributed by atoms with van der Waals surface area (Å²) in [6.07, 6.45) is -0.914. The Hall–Kier alpha value is -0.610. The van der Waals surface area contributed by atoms with Crippen LogP contribution >= 0.6 is 0 Å². The molecule has 64 valence electrons. The van der Waals surface area contributed by atoms with Gasteiger partial charge in [0.05, 0.1) is 19.3 Å². The Morgan fingerprint density at radius 3 is 2.09 bits per heavy atom. The third-order valence-electron chi connectivity index (χ3n) is 1.73. The molecule has 0 saturated carbocycles. The zero-order chi connectivity index (χ0) is 8.43. The van der Waals surface area contributed by atoms with E-state index in [0.717, 1.165) is 0 Å². The molecular weight excluding hydrogens is 148 g/mol. The second kappa shape index (κ2) is 3.19. The van der Waals surface area contributed by atoms with E-state index in [1.807, 2.05) is 13.8 Å². The molecule has 1 aliphatic rings. The molecule has 1 fully saturated rings. The maximum absolute atomic E-state index is 10.8. The van der Waals surface area contributed by atoms with E-state index in [4.69, 9.17) is 9.47 Å². The van der Waals surface area contributed by atoms with E-state index in [-0.39, 0.29) is 12.2 Å². The zero-order valence-electron chi connectivity index (χ0n) is 6.87. The smallest absolute Gasteiger partial charge is 0.363 e. The summed E-state index contributed by atoms with van der Waals surface area (Å²) in [7, 11) is 1.31. The van der Waals surface area contributed by atoms with Crippen molar-refractivity contribution in [3.05, 3.63) is 0 Å². The van der Waals surface area contributed by atoms with Crippen molar-refractivity contribution < 1.29 is 19.0 Å². The summed E-state index contributed by atoms with van der Waals surface area (Å²) in [4.78, 5) is 10.8. The Balaban J connectivity index is 2.46. The standard InChI is InChI=1S/C7H12O4/c1-4-5(2)11-7(10-4)6(8)9-3/h4-5,7H,1-3H3. The lowest BCUT2D eigenvalue weighted by Gasteiger charge is -2.05. The summed E-state index contributed by atoms with van der Waals surface area (Å²) in [5, 5.41) is 0. The van der Waals surface area contributed by atoms with Crippen LogP contribution in [-0.4, -0.2) is 31.6 Å². The molecule has 0 bridgehead atoms. The van der Waals surface area contributed by atoms with Gasteiger partial charge in [0.15, 0.2) is 0 Å². The van der Waals surface area contributed by atoms with E-state index in [9.17, 15) is 4.79 Å². The molecule has 1 rings (SSSR count). The van der Waals surface area contributed by atoms with E-state index in [0.29, 0.717) is 0 Å². The van der Waals surface area contributed by atoms with Gasteiger partial charge in [-0.15, -0.1) is 0 Å². The van der Waals surface area contributed by atoms with Gasteiger partial charge in [0.2, 0.25) is 0 Å². The quantitative estimate of drug-likeness (QED) is 0.518. The lowest BCUT2D eigenvalue weighted by molar-refractivity contribution is -0.172. The van der Waals surface area contributed by atoms with Crippen LogP contribution in [0.15, 0.2) is 0 Å². The van der Waals surface area contributed by atoms with E-state index in [2.05, 4.69) is 4.74 Å². The van der Waals surface area contributed by atoms with Crippen LogP contribution in [0.2, 0.25) is 0 Å². The highest BCUT2D eigenvalue weighted by Gasteiger charge is 2.35. The van der Waals surface area contributed by atoms with Crippen molar-refractivity contribution in [2.75, 3.05) is 7.11 Å². The average Bonchev–Trinajstić information content (AvgIpc) is 2.31. The third kappa shape index (κ3) is 1.70. The van der Waals surface area contributed by atoms with E-state index in [1.165, 1.54) is 7.11 Å². The molecule has 0 aliphatic carbocycles. The fourth-order valence-electron chi connectivity index (χ4n) is 0.851. The maximum atomic E-state index is 10.8. The minimum absolute atomic E-state index is 0.0425. The van der Waals surface area contributed by atoms with Gasteiger partial charge in [-0.2, -0.15) is 0 Å². The Kier molecular flexibility index (Phi) is 2.46. The Morgan fingerprint density at radius 1 is 1.27 bits per heavy atom. The van der Waals surface area contributed by atoms with Crippen LogP contribution in [0.25, 0.3) is 0 Å². The van der Waals surface area contributed by atoms with Gasteiger partial charge in [-0.3, -0.25) is 0 Å². The van der Waals surface area contributed by atoms with Crippen molar-refractivity contribution in [2.24, 2.45) is 0 Å². The van der Waals surface area contributed by atoms with Crippen molar-refractivity contribution in [1.29, 1.82) is 0 Å². The number of carbonyl (C=O) groups is 1. The van der Waals surface area contributed by atoms with E-state index in [1.54, 1.807) is 0 Å². The SMILES string of the molecule is COC(=O)C1OC(C)C(C)O1. The number of methoxy groups -OCH3 is 1. The fourth-order valence-corrected chi connectivity index (χ4v) is 0.851. The Bertz CT molecular complexity index is 147. The molecule has 4 nitrogen and oxygen atoms in total. The molecule has 0 radical (unpaired) electrons. The first-order valence-corrected chi connectivity index (χ1v) is 3.54. The summed E-state index contributed by atoms with van der Waals surface area (Å²) in [5.74, 6) is -0.471. The first kappa shape index (κ1) is 8.49. The number of hydrogen-bond donors (Lipinski definition) is 0. The summed E-state index contributed by atoms with van der Waals surface area (Å²) in [6, 6.07) is 0. The Morgan fingerprint density at radius 2 is 1.73 bits per heavy atom. The molecule has 1 aliphatic heterocycles. The van der Waals surface area contributed by atoms with Crippen LogP contribution in [0.4, 0.5) is 0 Å². The maximum Gasteiger partial charge on any atom is 0.363 e.